The lowest BCUT2D eigenvalue weighted by Crippen LogP contribution is -2.06. The molecule has 0 amide bonds. The van der Waals surface area contributed by atoms with Gasteiger partial charge in [-0.1, -0.05) is 0 Å². The molecule has 1 aromatic rings. The van der Waals surface area contributed by atoms with Gasteiger partial charge in [0.25, 0.3) is 0 Å². The molecule has 2 rings (SSSR count). The normalized spacial score (nSPS) is 17.3. The Morgan fingerprint density at radius 1 is 1.27 bits per heavy atom. The molecular formula is C11H13FO3. The van der Waals surface area contributed by atoms with Crippen molar-refractivity contribution in [2.45, 2.75) is 18.4 Å². The maximum Gasteiger partial charge on any atom is 0.196 e. The van der Waals surface area contributed by atoms with Crippen molar-refractivity contribution < 1.29 is 19.0 Å². The highest BCUT2D eigenvalue weighted by atomic mass is 19.1. The van der Waals surface area contributed by atoms with E-state index in [1.165, 1.54) is 20.3 Å². The first-order chi connectivity index (χ1) is 7.10. The maximum absolute atomic E-state index is 13.5. The van der Waals surface area contributed by atoms with Crippen LogP contribution in [0.15, 0.2) is 12.1 Å². The average Bonchev–Trinajstić information content (AvgIpc) is 2.96. The van der Waals surface area contributed by atoms with Crippen LogP contribution >= 0.6 is 0 Å². The van der Waals surface area contributed by atoms with Crippen LogP contribution in [0.5, 0.6) is 11.5 Å². The minimum absolute atomic E-state index is 0.0745. The van der Waals surface area contributed by atoms with Crippen molar-refractivity contribution in [1.82, 2.24) is 0 Å². The monoisotopic (exact) mass is 212 g/mol. The predicted molar refractivity (Wildman–Crippen MR) is 52.6 cm³/mol. The molecule has 0 saturated heterocycles. The smallest absolute Gasteiger partial charge is 0.196 e. The van der Waals surface area contributed by atoms with E-state index >= 15 is 0 Å². The molecule has 82 valence electrons. The molecule has 0 aromatic heterocycles. The number of halogens is 1. The Balaban J connectivity index is 2.48. The summed E-state index contributed by atoms with van der Waals surface area (Å²) in [6.07, 6.45) is 1.34. The van der Waals surface area contributed by atoms with Crippen molar-refractivity contribution >= 4 is 0 Å². The molecule has 0 unspecified atom stereocenters. The van der Waals surface area contributed by atoms with Gasteiger partial charge in [-0.25, -0.2) is 4.39 Å². The highest BCUT2D eigenvalue weighted by molar-refractivity contribution is 5.46. The maximum atomic E-state index is 13.5. The first-order valence-corrected chi connectivity index (χ1v) is 4.75. The molecule has 1 aliphatic rings. The van der Waals surface area contributed by atoms with Gasteiger partial charge in [-0.3, -0.25) is 0 Å². The van der Waals surface area contributed by atoms with Crippen molar-refractivity contribution in [2.75, 3.05) is 14.2 Å². The number of hydrogen-bond acceptors (Lipinski definition) is 3. The van der Waals surface area contributed by atoms with E-state index in [1.807, 2.05) is 0 Å². The van der Waals surface area contributed by atoms with E-state index in [-0.39, 0.29) is 5.75 Å². The van der Waals surface area contributed by atoms with Crippen molar-refractivity contribution in [3.05, 3.63) is 23.5 Å². The number of hydrogen-bond donors (Lipinski definition) is 1. The van der Waals surface area contributed by atoms with Crippen molar-refractivity contribution in [1.29, 1.82) is 0 Å². The molecule has 0 bridgehead atoms. The topological polar surface area (TPSA) is 38.7 Å². The minimum atomic E-state index is -0.861. The quantitative estimate of drug-likeness (QED) is 0.830. The van der Waals surface area contributed by atoms with Gasteiger partial charge in [0, 0.05) is 0 Å². The Labute approximate surface area is 87.4 Å². The third-order valence-electron chi connectivity index (χ3n) is 2.69. The summed E-state index contributed by atoms with van der Waals surface area (Å²) in [6.45, 7) is 0. The third kappa shape index (κ3) is 1.65. The standard InChI is InChI=1S/C11H13FO3/c1-14-9-6-7(11(13)3-4-11)5-8(12)10(9)15-2/h5-6,13H,3-4H2,1-2H3. The lowest BCUT2D eigenvalue weighted by molar-refractivity contribution is 0.150. The minimum Gasteiger partial charge on any atom is -0.493 e. The Morgan fingerprint density at radius 3 is 2.40 bits per heavy atom. The molecule has 0 spiro atoms. The highest BCUT2D eigenvalue weighted by Crippen LogP contribution is 2.47. The number of ether oxygens (including phenoxy) is 2. The highest BCUT2D eigenvalue weighted by Gasteiger charge is 2.43. The summed E-state index contributed by atoms with van der Waals surface area (Å²) in [5.41, 5.74) is -0.307. The van der Waals surface area contributed by atoms with Gasteiger partial charge in [0.1, 0.15) is 0 Å². The molecule has 1 saturated carbocycles. The van der Waals surface area contributed by atoms with E-state index in [4.69, 9.17) is 9.47 Å². The molecule has 1 fully saturated rings. The van der Waals surface area contributed by atoms with Gasteiger partial charge in [-0.15, -0.1) is 0 Å². The van der Waals surface area contributed by atoms with Gasteiger partial charge in [0.15, 0.2) is 17.3 Å². The van der Waals surface area contributed by atoms with E-state index in [9.17, 15) is 9.50 Å². The molecule has 0 heterocycles. The second-order valence-electron chi connectivity index (χ2n) is 3.73. The van der Waals surface area contributed by atoms with Crippen molar-refractivity contribution in [3.8, 4) is 11.5 Å². The summed E-state index contributed by atoms with van der Waals surface area (Å²) in [4.78, 5) is 0. The van der Waals surface area contributed by atoms with E-state index in [0.29, 0.717) is 24.2 Å². The lowest BCUT2D eigenvalue weighted by Gasteiger charge is -2.13. The van der Waals surface area contributed by atoms with Gasteiger partial charge in [-0.2, -0.15) is 0 Å². The molecule has 1 aromatic carbocycles. The van der Waals surface area contributed by atoms with Gasteiger partial charge in [-0.05, 0) is 30.5 Å². The molecule has 0 aliphatic heterocycles. The van der Waals surface area contributed by atoms with E-state index < -0.39 is 11.4 Å². The van der Waals surface area contributed by atoms with Crippen LogP contribution in [0.2, 0.25) is 0 Å². The summed E-state index contributed by atoms with van der Waals surface area (Å²) in [5.74, 6) is -0.120. The van der Waals surface area contributed by atoms with E-state index in [2.05, 4.69) is 0 Å². The molecule has 0 radical (unpaired) electrons. The molecule has 4 heteroatoms. The van der Waals surface area contributed by atoms with Gasteiger partial charge in [0.05, 0.1) is 19.8 Å². The summed E-state index contributed by atoms with van der Waals surface area (Å²) >= 11 is 0. The van der Waals surface area contributed by atoms with Crippen LogP contribution < -0.4 is 9.47 Å². The van der Waals surface area contributed by atoms with Crippen molar-refractivity contribution in [2.24, 2.45) is 0 Å². The average molecular weight is 212 g/mol. The Hall–Kier alpha value is -1.29. The molecule has 1 aliphatic carbocycles. The molecule has 1 N–H and O–H groups in total. The number of aliphatic hydroxyl groups is 1. The zero-order valence-corrected chi connectivity index (χ0v) is 8.71. The van der Waals surface area contributed by atoms with E-state index in [1.54, 1.807) is 6.07 Å². The molecule has 3 nitrogen and oxygen atoms in total. The fourth-order valence-electron chi connectivity index (χ4n) is 1.59. The van der Waals surface area contributed by atoms with Crippen molar-refractivity contribution in [3.63, 3.8) is 0 Å². The largest absolute Gasteiger partial charge is 0.493 e. The Bertz CT molecular complexity index is 386. The summed E-state index contributed by atoms with van der Waals surface area (Å²) in [5, 5.41) is 9.85. The van der Waals surface area contributed by atoms with Crippen LogP contribution in [0.1, 0.15) is 18.4 Å². The fourth-order valence-corrected chi connectivity index (χ4v) is 1.59. The van der Waals surface area contributed by atoms with Gasteiger partial charge < -0.3 is 14.6 Å². The van der Waals surface area contributed by atoms with Crippen LogP contribution in [0, 0.1) is 5.82 Å². The lowest BCUT2D eigenvalue weighted by atomic mass is 10.1. The first kappa shape index (κ1) is 10.2. The number of methoxy groups -OCH3 is 2. The van der Waals surface area contributed by atoms with Crippen LogP contribution in [-0.4, -0.2) is 19.3 Å². The predicted octanol–water partition coefficient (Wildman–Crippen LogP) is 1.82. The van der Waals surface area contributed by atoms with Crippen LogP contribution in [0.3, 0.4) is 0 Å². The van der Waals surface area contributed by atoms with Crippen LogP contribution in [-0.2, 0) is 5.60 Å². The summed E-state index contributed by atoms with van der Waals surface area (Å²) < 4.78 is 23.4. The number of rotatable bonds is 3. The van der Waals surface area contributed by atoms with Gasteiger partial charge in [0.2, 0.25) is 0 Å². The molecular weight excluding hydrogens is 199 g/mol. The summed E-state index contributed by atoms with van der Waals surface area (Å²) in [7, 11) is 2.82. The fraction of sp³-hybridized carbons (Fsp3) is 0.455. The Morgan fingerprint density at radius 2 is 1.93 bits per heavy atom. The van der Waals surface area contributed by atoms with Gasteiger partial charge >= 0.3 is 0 Å². The first-order valence-electron chi connectivity index (χ1n) is 4.75. The SMILES string of the molecule is COc1cc(C2(O)CC2)cc(F)c1OC. The molecule has 0 atom stereocenters. The zero-order chi connectivity index (χ0) is 11.1. The Kier molecular flexibility index (Phi) is 2.31. The second-order valence-corrected chi connectivity index (χ2v) is 3.73. The van der Waals surface area contributed by atoms with Crippen LogP contribution in [0.4, 0.5) is 4.39 Å². The third-order valence-corrected chi connectivity index (χ3v) is 2.69. The van der Waals surface area contributed by atoms with Crippen LogP contribution in [0.25, 0.3) is 0 Å². The number of benzene rings is 1. The summed E-state index contributed by atoms with van der Waals surface area (Å²) in [6, 6.07) is 2.92. The molecule has 15 heavy (non-hydrogen) atoms. The van der Waals surface area contributed by atoms with E-state index in [0.717, 1.165) is 0 Å². The second kappa shape index (κ2) is 3.38. The zero-order valence-electron chi connectivity index (χ0n) is 8.71.